The van der Waals surface area contributed by atoms with Gasteiger partial charge < -0.3 is 20.7 Å². The zero-order valence-corrected chi connectivity index (χ0v) is 20.7. The molecule has 8 heteroatoms. The van der Waals surface area contributed by atoms with E-state index in [9.17, 15) is 4.79 Å². The summed E-state index contributed by atoms with van der Waals surface area (Å²) in [5.74, 6) is 0.664. The number of nitrogens with two attached hydrogens (primary N) is 1. The van der Waals surface area contributed by atoms with Crippen LogP contribution in [0, 0.1) is 0 Å². The lowest BCUT2D eigenvalue weighted by Gasteiger charge is -2.18. The van der Waals surface area contributed by atoms with E-state index in [0.717, 1.165) is 22.4 Å². The number of amides is 1. The van der Waals surface area contributed by atoms with Crippen LogP contribution >= 0.6 is 0 Å². The maximum atomic E-state index is 12.8. The Hall–Kier alpha value is -4.33. The second-order valence-corrected chi connectivity index (χ2v) is 9.33. The molecule has 0 spiro atoms. The molecule has 3 N–H and O–H groups in total. The van der Waals surface area contributed by atoms with Gasteiger partial charge in [-0.3, -0.25) is 9.48 Å². The van der Waals surface area contributed by atoms with E-state index >= 15 is 0 Å². The van der Waals surface area contributed by atoms with Crippen molar-refractivity contribution in [2.24, 2.45) is 0 Å². The van der Waals surface area contributed by atoms with Gasteiger partial charge in [0.25, 0.3) is 5.91 Å². The Morgan fingerprint density at radius 2 is 1.92 bits per heavy atom. The molecule has 1 saturated carbocycles. The molecule has 0 aliphatic heterocycles. The summed E-state index contributed by atoms with van der Waals surface area (Å²) in [6, 6.07) is 17.5. The highest BCUT2D eigenvalue weighted by molar-refractivity contribution is 6.04. The molecule has 0 saturated heterocycles. The van der Waals surface area contributed by atoms with Crippen molar-refractivity contribution < 1.29 is 9.53 Å². The second-order valence-electron chi connectivity index (χ2n) is 9.33. The molecule has 0 unspecified atom stereocenters. The van der Waals surface area contributed by atoms with Crippen LogP contribution in [0.15, 0.2) is 73.2 Å². The normalized spacial score (nSPS) is 13.8. The van der Waals surface area contributed by atoms with Gasteiger partial charge in [0, 0.05) is 54.6 Å². The number of nitrogens with zero attached hydrogens (tertiary/aromatic N) is 4. The first kappa shape index (κ1) is 23.4. The van der Waals surface area contributed by atoms with E-state index in [-0.39, 0.29) is 12.0 Å². The maximum Gasteiger partial charge on any atom is 0.255 e. The first-order chi connectivity index (χ1) is 17.4. The molecule has 2 aromatic heterocycles. The minimum Gasteiger partial charge on any atom is -0.482 e. The fourth-order valence-corrected chi connectivity index (χ4v) is 3.99. The summed E-state index contributed by atoms with van der Waals surface area (Å²) in [6.07, 6.45) is 7.66. The third-order valence-corrected chi connectivity index (χ3v) is 6.28. The highest BCUT2D eigenvalue weighted by Crippen LogP contribution is 2.36. The average molecular weight is 483 g/mol. The van der Waals surface area contributed by atoms with Crippen molar-refractivity contribution in [3.8, 4) is 16.9 Å². The summed E-state index contributed by atoms with van der Waals surface area (Å²) < 4.78 is 8.22. The van der Waals surface area contributed by atoms with Crippen molar-refractivity contribution >= 4 is 23.1 Å². The van der Waals surface area contributed by atoms with E-state index in [1.54, 1.807) is 12.3 Å². The molecule has 1 atom stereocenters. The number of hydrogen-bond donors (Lipinski definition) is 2. The van der Waals surface area contributed by atoms with Gasteiger partial charge in [0.15, 0.2) is 11.6 Å². The van der Waals surface area contributed by atoms with Crippen LogP contribution in [0.2, 0.25) is 0 Å². The molecule has 1 amide bonds. The van der Waals surface area contributed by atoms with Crippen molar-refractivity contribution in [3.63, 3.8) is 0 Å². The van der Waals surface area contributed by atoms with E-state index < -0.39 is 0 Å². The topological polar surface area (TPSA) is 98.3 Å². The molecule has 184 valence electrons. The van der Waals surface area contributed by atoms with Crippen LogP contribution < -0.4 is 20.7 Å². The summed E-state index contributed by atoms with van der Waals surface area (Å²) >= 11 is 0. The molecule has 1 fully saturated rings. The Morgan fingerprint density at radius 1 is 1.11 bits per heavy atom. The Kier molecular flexibility index (Phi) is 6.33. The summed E-state index contributed by atoms with van der Waals surface area (Å²) in [7, 11) is 3.89. The number of carbonyl (C=O) groups is 1. The first-order valence-corrected chi connectivity index (χ1v) is 12.0. The van der Waals surface area contributed by atoms with Gasteiger partial charge >= 0.3 is 0 Å². The van der Waals surface area contributed by atoms with Crippen molar-refractivity contribution in [2.75, 3.05) is 30.0 Å². The molecule has 0 bridgehead atoms. The van der Waals surface area contributed by atoms with Gasteiger partial charge in [-0.15, -0.1) is 0 Å². The van der Waals surface area contributed by atoms with Crippen LogP contribution in [0.1, 0.15) is 47.8 Å². The molecule has 2 heterocycles. The zero-order chi connectivity index (χ0) is 25.2. The van der Waals surface area contributed by atoms with Crippen molar-refractivity contribution in [2.45, 2.75) is 31.9 Å². The number of nitrogens with one attached hydrogen (secondary N) is 1. The fourth-order valence-electron chi connectivity index (χ4n) is 3.99. The van der Waals surface area contributed by atoms with Crippen LogP contribution in [0.25, 0.3) is 11.1 Å². The Morgan fingerprint density at radius 3 is 2.69 bits per heavy atom. The SMILES string of the molecule is C[C@@H](Oc1cc(-c2cnn(C3CC3)c2)cnc1N)c1cccc(NC(=O)c2cccc(N(C)C)c2)c1. The lowest BCUT2D eigenvalue weighted by Crippen LogP contribution is -2.14. The van der Waals surface area contributed by atoms with E-state index in [1.807, 2.05) is 91.5 Å². The van der Waals surface area contributed by atoms with E-state index in [0.29, 0.717) is 28.9 Å². The lowest BCUT2D eigenvalue weighted by atomic mass is 10.1. The van der Waals surface area contributed by atoms with Gasteiger partial charge in [-0.05, 0) is 61.7 Å². The maximum absolute atomic E-state index is 12.8. The highest BCUT2D eigenvalue weighted by Gasteiger charge is 2.24. The molecule has 2 aromatic carbocycles. The fraction of sp³-hybridized carbons (Fsp3) is 0.250. The minimum atomic E-state index is -0.313. The largest absolute Gasteiger partial charge is 0.482 e. The molecule has 8 nitrogen and oxygen atoms in total. The Labute approximate surface area is 210 Å². The monoisotopic (exact) mass is 482 g/mol. The van der Waals surface area contributed by atoms with Crippen molar-refractivity contribution in [3.05, 3.63) is 84.3 Å². The van der Waals surface area contributed by atoms with Crippen molar-refractivity contribution in [1.29, 1.82) is 0 Å². The molecule has 1 aliphatic rings. The van der Waals surface area contributed by atoms with Gasteiger partial charge in [0.2, 0.25) is 0 Å². The van der Waals surface area contributed by atoms with Crippen LogP contribution in [0.5, 0.6) is 5.75 Å². The number of anilines is 3. The molecule has 4 aromatic rings. The molecule has 36 heavy (non-hydrogen) atoms. The van der Waals surface area contributed by atoms with Gasteiger partial charge in [0.1, 0.15) is 6.10 Å². The molecule has 5 rings (SSSR count). The van der Waals surface area contributed by atoms with Gasteiger partial charge in [-0.25, -0.2) is 4.98 Å². The summed E-state index contributed by atoms with van der Waals surface area (Å²) in [5, 5.41) is 7.45. The number of aromatic nitrogens is 3. The minimum absolute atomic E-state index is 0.169. The number of pyridine rings is 1. The van der Waals surface area contributed by atoms with Crippen LogP contribution in [-0.2, 0) is 0 Å². The molecule has 0 radical (unpaired) electrons. The van der Waals surface area contributed by atoms with Crippen LogP contribution in [-0.4, -0.2) is 34.8 Å². The third-order valence-electron chi connectivity index (χ3n) is 6.28. The quantitative estimate of drug-likeness (QED) is 0.353. The van der Waals surface area contributed by atoms with Gasteiger partial charge in [-0.1, -0.05) is 18.2 Å². The Balaban J connectivity index is 1.30. The predicted molar refractivity (Wildman–Crippen MR) is 142 cm³/mol. The van der Waals surface area contributed by atoms with E-state index in [4.69, 9.17) is 10.5 Å². The highest BCUT2D eigenvalue weighted by atomic mass is 16.5. The van der Waals surface area contributed by atoms with Crippen LogP contribution in [0.4, 0.5) is 17.2 Å². The lowest BCUT2D eigenvalue weighted by molar-refractivity contribution is 0.102. The Bertz CT molecular complexity index is 1390. The predicted octanol–water partition coefficient (Wildman–Crippen LogP) is 5.32. The number of nitrogen functional groups attached to an aromatic ring is 1. The van der Waals surface area contributed by atoms with Gasteiger partial charge in [-0.2, -0.15) is 5.10 Å². The number of rotatable bonds is 8. The number of carbonyl (C=O) groups excluding carboxylic acids is 1. The van der Waals surface area contributed by atoms with E-state index in [1.165, 1.54) is 12.8 Å². The number of ether oxygens (including phenoxy) is 1. The third kappa shape index (κ3) is 5.17. The second kappa shape index (κ2) is 9.73. The number of benzene rings is 2. The smallest absolute Gasteiger partial charge is 0.255 e. The molecular weight excluding hydrogens is 452 g/mol. The van der Waals surface area contributed by atoms with Crippen molar-refractivity contribution in [1.82, 2.24) is 14.8 Å². The summed E-state index contributed by atoms with van der Waals surface area (Å²) in [4.78, 5) is 19.1. The molecular formula is C28H30N6O2. The average Bonchev–Trinajstić information content (AvgIpc) is 3.62. The first-order valence-electron chi connectivity index (χ1n) is 12.0. The summed E-state index contributed by atoms with van der Waals surface area (Å²) in [5.41, 5.74) is 11.2. The zero-order valence-electron chi connectivity index (χ0n) is 20.7. The van der Waals surface area contributed by atoms with E-state index in [2.05, 4.69) is 15.4 Å². The standard InChI is InChI=1S/C28H30N6O2/c1-18(36-26-14-21(15-30-27(26)29)22-16-31-34(17-22)24-10-11-24)19-6-4-8-23(12-19)32-28(35)20-7-5-9-25(13-20)33(2)3/h4-9,12-18,24H,10-11H2,1-3H3,(H2,29,30)(H,32,35)/t18-/m1/s1. The molecule has 1 aliphatic carbocycles. The summed E-state index contributed by atoms with van der Waals surface area (Å²) in [6.45, 7) is 1.94. The van der Waals surface area contributed by atoms with Gasteiger partial charge in [0.05, 0.1) is 12.2 Å². The number of hydrogen-bond acceptors (Lipinski definition) is 6. The van der Waals surface area contributed by atoms with Crippen LogP contribution in [0.3, 0.4) is 0 Å².